The molecule has 28 heavy (non-hydrogen) atoms. The zero-order valence-electron chi connectivity index (χ0n) is 15.0. The van der Waals surface area contributed by atoms with Crippen LogP contribution in [0.15, 0.2) is 41.5 Å². The van der Waals surface area contributed by atoms with Crippen molar-refractivity contribution in [2.45, 2.75) is 6.54 Å². The van der Waals surface area contributed by atoms with E-state index >= 15 is 0 Å². The molecule has 2 aromatic carbocycles. The molecule has 0 amide bonds. The first-order chi connectivity index (χ1) is 13.4. The van der Waals surface area contributed by atoms with Crippen molar-refractivity contribution in [1.29, 1.82) is 0 Å². The predicted molar refractivity (Wildman–Crippen MR) is 113 cm³/mol. The van der Waals surface area contributed by atoms with E-state index in [1.807, 2.05) is 29.2 Å². The van der Waals surface area contributed by atoms with Crippen molar-refractivity contribution in [3.63, 3.8) is 0 Å². The summed E-state index contributed by atoms with van der Waals surface area (Å²) in [6.45, 7) is 3.38. The van der Waals surface area contributed by atoms with Crippen LogP contribution in [0.3, 0.4) is 0 Å². The van der Waals surface area contributed by atoms with Crippen molar-refractivity contribution in [3.8, 4) is 0 Å². The quantitative estimate of drug-likeness (QED) is 0.439. The van der Waals surface area contributed by atoms with Crippen molar-refractivity contribution < 1.29 is 8.78 Å². The zero-order chi connectivity index (χ0) is 20.1. The summed E-state index contributed by atoms with van der Waals surface area (Å²) in [6.07, 6.45) is 1.14. The molecule has 148 valence electrons. The molecule has 0 saturated carbocycles. The monoisotopic (exact) mass is 423 g/mol. The van der Waals surface area contributed by atoms with Gasteiger partial charge in [-0.3, -0.25) is 10.3 Å². The van der Waals surface area contributed by atoms with Gasteiger partial charge in [0.15, 0.2) is 5.11 Å². The van der Waals surface area contributed by atoms with Crippen molar-refractivity contribution >= 4 is 40.8 Å². The van der Waals surface area contributed by atoms with Crippen molar-refractivity contribution in [3.05, 3.63) is 64.2 Å². The molecule has 5 nitrogen and oxygen atoms in total. The van der Waals surface area contributed by atoms with E-state index in [2.05, 4.69) is 27.6 Å². The number of hydrazone groups is 1. The lowest BCUT2D eigenvalue weighted by atomic mass is 10.1. The largest absolute Gasteiger partial charge is 0.375 e. The van der Waals surface area contributed by atoms with Gasteiger partial charge in [0.25, 0.3) is 0 Å². The predicted octanol–water partition coefficient (Wildman–Crippen LogP) is 3.11. The van der Waals surface area contributed by atoms with E-state index in [0.717, 1.165) is 42.5 Å². The third-order valence-electron chi connectivity index (χ3n) is 4.51. The van der Waals surface area contributed by atoms with Crippen LogP contribution in [0.25, 0.3) is 0 Å². The van der Waals surface area contributed by atoms with Gasteiger partial charge in [0.05, 0.1) is 11.9 Å². The standard InChI is InChI=1S/C19H20ClF2N5S/c20-15-4-2-1-3-13(15)12-26-5-7-27(8-6-26)18-10-16(21)14(9-17(18)22)11-24-25-19(23)28/h1-4,9-11H,5-8,12H2,(H3,23,25,28). The molecular formula is C19H20ClF2N5S. The van der Waals surface area contributed by atoms with Crippen LogP contribution in [0.4, 0.5) is 14.5 Å². The normalized spacial score (nSPS) is 15.2. The number of nitrogens with zero attached hydrogens (tertiary/aromatic N) is 3. The molecule has 1 fully saturated rings. The molecule has 1 aliphatic rings. The van der Waals surface area contributed by atoms with E-state index in [1.54, 1.807) is 0 Å². The Balaban J connectivity index is 1.64. The summed E-state index contributed by atoms with van der Waals surface area (Å²) >= 11 is 10.8. The van der Waals surface area contributed by atoms with Gasteiger partial charge in [0.2, 0.25) is 0 Å². The summed E-state index contributed by atoms with van der Waals surface area (Å²) in [5.74, 6) is -1.07. The number of piperazine rings is 1. The Bertz CT molecular complexity index is 885. The van der Waals surface area contributed by atoms with Gasteiger partial charge in [-0.1, -0.05) is 29.8 Å². The summed E-state index contributed by atoms with van der Waals surface area (Å²) in [5, 5.41) is 4.35. The lowest BCUT2D eigenvalue weighted by Crippen LogP contribution is -2.46. The van der Waals surface area contributed by atoms with Crippen LogP contribution in [0.1, 0.15) is 11.1 Å². The molecule has 0 radical (unpaired) electrons. The molecule has 0 atom stereocenters. The molecule has 0 unspecified atom stereocenters. The van der Waals surface area contributed by atoms with Gasteiger partial charge < -0.3 is 10.6 Å². The van der Waals surface area contributed by atoms with Gasteiger partial charge in [-0.25, -0.2) is 8.78 Å². The topological polar surface area (TPSA) is 56.9 Å². The maximum absolute atomic E-state index is 14.5. The van der Waals surface area contributed by atoms with Crippen molar-refractivity contribution in [2.24, 2.45) is 10.8 Å². The number of nitrogens with two attached hydrogens (primary N) is 1. The number of hydrogen-bond acceptors (Lipinski definition) is 4. The summed E-state index contributed by atoms with van der Waals surface area (Å²) < 4.78 is 28.8. The molecule has 1 heterocycles. The second-order valence-corrected chi connectivity index (χ2v) is 7.26. The van der Waals surface area contributed by atoms with Gasteiger partial charge in [0.1, 0.15) is 11.6 Å². The summed E-state index contributed by atoms with van der Waals surface area (Å²) in [6, 6.07) is 10.0. The van der Waals surface area contributed by atoms with Crippen LogP contribution in [0.5, 0.6) is 0 Å². The van der Waals surface area contributed by atoms with Gasteiger partial charge in [-0.05, 0) is 29.9 Å². The van der Waals surface area contributed by atoms with Crippen LogP contribution >= 0.6 is 23.8 Å². The summed E-state index contributed by atoms with van der Waals surface area (Å²) in [5.41, 5.74) is 8.87. The number of thiocarbonyl (C=S) groups is 1. The van der Waals surface area contributed by atoms with E-state index in [4.69, 9.17) is 17.3 Å². The van der Waals surface area contributed by atoms with E-state index in [0.29, 0.717) is 13.1 Å². The highest BCUT2D eigenvalue weighted by Gasteiger charge is 2.21. The maximum atomic E-state index is 14.5. The Morgan fingerprint density at radius 1 is 1.18 bits per heavy atom. The lowest BCUT2D eigenvalue weighted by molar-refractivity contribution is 0.249. The second-order valence-electron chi connectivity index (χ2n) is 6.41. The first kappa shape index (κ1) is 20.4. The Labute approximate surface area is 172 Å². The summed E-state index contributed by atoms with van der Waals surface area (Å²) in [4.78, 5) is 4.09. The lowest BCUT2D eigenvalue weighted by Gasteiger charge is -2.36. The Hall–Kier alpha value is -2.29. The highest BCUT2D eigenvalue weighted by atomic mass is 35.5. The molecule has 0 aromatic heterocycles. The molecule has 1 saturated heterocycles. The molecular weight excluding hydrogens is 404 g/mol. The molecule has 0 aliphatic carbocycles. The SMILES string of the molecule is NC(=S)NN=Cc1cc(F)c(N2CCN(Cc3ccccc3Cl)CC2)cc1F. The first-order valence-electron chi connectivity index (χ1n) is 8.72. The summed E-state index contributed by atoms with van der Waals surface area (Å²) in [7, 11) is 0. The number of rotatable bonds is 5. The van der Waals surface area contributed by atoms with Gasteiger partial charge in [0, 0.05) is 49.4 Å². The highest BCUT2D eigenvalue weighted by molar-refractivity contribution is 7.80. The molecule has 0 bridgehead atoms. The molecule has 3 rings (SSSR count). The van der Waals surface area contributed by atoms with Gasteiger partial charge in [-0.15, -0.1) is 0 Å². The van der Waals surface area contributed by atoms with Gasteiger partial charge >= 0.3 is 0 Å². The van der Waals surface area contributed by atoms with Gasteiger partial charge in [-0.2, -0.15) is 5.10 Å². The number of benzene rings is 2. The number of nitrogens with one attached hydrogen (secondary N) is 1. The Morgan fingerprint density at radius 2 is 1.89 bits per heavy atom. The third-order valence-corrected chi connectivity index (χ3v) is 4.97. The Morgan fingerprint density at radius 3 is 2.57 bits per heavy atom. The van der Waals surface area contributed by atoms with Crippen LogP contribution in [0, 0.1) is 11.6 Å². The fraction of sp³-hybridized carbons (Fsp3) is 0.263. The number of hydrogen-bond donors (Lipinski definition) is 2. The van der Waals surface area contributed by atoms with Crippen LogP contribution < -0.4 is 16.1 Å². The molecule has 0 spiro atoms. The highest BCUT2D eigenvalue weighted by Crippen LogP contribution is 2.25. The third kappa shape index (κ3) is 5.15. The van der Waals surface area contributed by atoms with Crippen LogP contribution in [0.2, 0.25) is 5.02 Å². The van der Waals surface area contributed by atoms with E-state index in [9.17, 15) is 8.78 Å². The average Bonchev–Trinajstić information content (AvgIpc) is 2.66. The average molecular weight is 424 g/mol. The Kier molecular flexibility index (Phi) is 6.77. The molecule has 9 heteroatoms. The second kappa shape index (κ2) is 9.27. The fourth-order valence-corrected chi connectivity index (χ4v) is 3.32. The molecule has 2 aromatic rings. The van der Waals surface area contributed by atoms with Crippen LogP contribution in [-0.4, -0.2) is 42.4 Å². The minimum atomic E-state index is -0.566. The van der Waals surface area contributed by atoms with Crippen molar-refractivity contribution in [1.82, 2.24) is 10.3 Å². The minimum Gasteiger partial charge on any atom is -0.375 e. The molecule has 1 aliphatic heterocycles. The maximum Gasteiger partial charge on any atom is 0.184 e. The number of anilines is 1. The molecule has 3 N–H and O–H groups in total. The van der Waals surface area contributed by atoms with E-state index < -0.39 is 11.6 Å². The fourth-order valence-electron chi connectivity index (χ4n) is 3.07. The first-order valence-corrected chi connectivity index (χ1v) is 9.51. The van der Waals surface area contributed by atoms with E-state index in [-0.39, 0.29) is 16.4 Å². The smallest absolute Gasteiger partial charge is 0.184 e. The number of halogens is 3. The zero-order valence-corrected chi connectivity index (χ0v) is 16.6. The van der Waals surface area contributed by atoms with Crippen LogP contribution in [-0.2, 0) is 6.54 Å². The van der Waals surface area contributed by atoms with Crippen molar-refractivity contribution in [2.75, 3.05) is 31.1 Å². The minimum absolute atomic E-state index is 0.0161. The van der Waals surface area contributed by atoms with E-state index in [1.165, 1.54) is 6.07 Å².